The minimum atomic E-state index is 0.351. The third-order valence-electron chi connectivity index (χ3n) is 4.22. The smallest absolute Gasteiger partial charge is 0.0108 e. The Bertz CT molecular complexity index is 350. The van der Waals surface area contributed by atoms with Gasteiger partial charge in [0.25, 0.3) is 0 Å². The highest BCUT2D eigenvalue weighted by Gasteiger charge is 2.23. The molecule has 17 heavy (non-hydrogen) atoms. The lowest BCUT2D eigenvalue weighted by molar-refractivity contribution is 0.253. The van der Waals surface area contributed by atoms with Crippen LogP contribution in [0.1, 0.15) is 43.7 Å². The van der Waals surface area contributed by atoms with E-state index in [9.17, 15) is 0 Å². The quantitative estimate of drug-likeness (QED) is 0.843. The van der Waals surface area contributed by atoms with Gasteiger partial charge in [-0.05, 0) is 43.6 Å². The van der Waals surface area contributed by atoms with Crippen molar-refractivity contribution in [1.82, 2.24) is 0 Å². The van der Waals surface area contributed by atoms with Crippen molar-refractivity contribution in [3.05, 3.63) is 35.4 Å². The van der Waals surface area contributed by atoms with Gasteiger partial charge in [0.2, 0.25) is 0 Å². The molecule has 1 saturated carbocycles. The molecule has 1 aliphatic carbocycles. The zero-order valence-corrected chi connectivity index (χ0v) is 11.2. The van der Waals surface area contributed by atoms with E-state index in [2.05, 4.69) is 38.1 Å². The summed E-state index contributed by atoms with van der Waals surface area (Å²) in [5.41, 5.74) is 9.11. The summed E-state index contributed by atoms with van der Waals surface area (Å²) in [5.74, 6) is 1.66. The monoisotopic (exact) mass is 231 g/mol. The molecule has 1 aromatic rings. The summed E-state index contributed by atoms with van der Waals surface area (Å²) in [6.45, 7) is 4.51. The number of aryl methyl sites for hydroxylation is 1. The molecule has 0 spiro atoms. The molecule has 1 unspecified atom stereocenters. The van der Waals surface area contributed by atoms with Crippen LogP contribution in [0.3, 0.4) is 0 Å². The van der Waals surface area contributed by atoms with E-state index in [0.717, 1.165) is 18.3 Å². The highest BCUT2D eigenvalue weighted by atomic mass is 14.6. The molecule has 0 radical (unpaired) electrons. The van der Waals surface area contributed by atoms with E-state index in [1.807, 2.05) is 0 Å². The first kappa shape index (κ1) is 12.6. The fraction of sp³-hybridized carbons (Fsp3) is 0.625. The van der Waals surface area contributed by atoms with Gasteiger partial charge in [0.15, 0.2) is 0 Å². The highest BCUT2D eigenvalue weighted by Crippen LogP contribution is 2.30. The summed E-state index contributed by atoms with van der Waals surface area (Å²) in [6, 6.07) is 9.12. The number of benzene rings is 1. The van der Waals surface area contributed by atoms with Gasteiger partial charge in [-0.2, -0.15) is 0 Å². The fourth-order valence-electron chi connectivity index (χ4n) is 2.99. The molecule has 0 aromatic heterocycles. The Kier molecular flexibility index (Phi) is 4.22. The summed E-state index contributed by atoms with van der Waals surface area (Å²) in [5, 5.41) is 0. The Morgan fingerprint density at radius 1 is 1.24 bits per heavy atom. The van der Waals surface area contributed by atoms with Gasteiger partial charge in [0.05, 0.1) is 0 Å². The van der Waals surface area contributed by atoms with Crippen molar-refractivity contribution in [2.75, 3.05) is 0 Å². The van der Waals surface area contributed by atoms with Gasteiger partial charge in [0, 0.05) is 6.04 Å². The molecule has 0 amide bonds. The van der Waals surface area contributed by atoms with Crippen molar-refractivity contribution < 1.29 is 0 Å². The Morgan fingerprint density at radius 2 is 1.94 bits per heavy atom. The third-order valence-corrected chi connectivity index (χ3v) is 4.22. The Morgan fingerprint density at radius 3 is 2.59 bits per heavy atom. The van der Waals surface area contributed by atoms with Crippen molar-refractivity contribution in [2.45, 2.75) is 52.0 Å². The summed E-state index contributed by atoms with van der Waals surface area (Å²) < 4.78 is 0. The molecule has 1 atom stereocenters. The molecule has 2 N–H and O–H groups in total. The van der Waals surface area contributed by atoms with Crippen molar-refractivity contribution >= 4 is 0 Å². The molecule has 1 aliphatic rings. The standard InChI is InChI=1S/C16H25N/c1-12-6-8-15(9-7-12)16(17)11-14-5-3-4-13(2)10-14/h3-5,10,12,15-16H,6-9,11,17H2,1-2H3. The summed E-state index contributed by atoms with van der Waals surface area (Å²) in [4.78, 5) is 0. The maximum Gasteiger partial charge on any atom is 0.0108 e. The van der Waals surface area contributed by atoms with Gasteiger partial charge < -0.3 is 5.73 Å². The zero-order chi connectivity index (χ0) is 12.3. The minimum Gasteiger partial charge on any atom is -0.327 e. The van der Waals surface area contributed by atoms with Gasteiger partial charge in [-0.3, -0.25) is 0 Å². The first-order chi connectivity index (χ1) is 8.15. The van der Waals surface area contributed by atoms with Crippen molar-refractivity contribution in [1.29, 1.82) is 0 Å². The number of hydrogen-bond donors (Lipinski definition) is 1. The predicted octanol–water partition coefficient (Wildman–Crippen LogP) is 3.69. The van der Waals surface area contributed by atoms with Gasteiger partial charge in [0.1, 0.15) is 0 Å². The second-order valence-corrected chi connectivity index (χ2v) is 5.88. The molecule has 1 fully saturated rings. The van der Waals surface area contributed by atoms with E-state index in [-0.39, 0.29) is 0 Å². The Hall–Kier alpha value is -0.820. The zero-order valence-electron chi connectivity index (χ0n) is 11.2. The molecule has 0 saturated heterocycles. The molecule has 1 nitrogen and oxygen atoms in total. The third kappa shape index (κ3) is 3.57. The van der Waals surface area contributed by atoms with Crippen LogP contribution in [0, 0.1) is 18.8 Å². The van der Waals surface area contributed by atoms with Gasteiger partial charge in [-0.1, -0.05) is 49.6 Å². The van der Waals surface area contributed by atoms with E-state index in [1.165, 1.54) is 36.8 Å². The number of nitrogens with two attached hydrogens (primary N) is 1. The van der Waals surface area contributed by atoms with E-state index < -0.39 is 0 Å². The molecule has 94 valence electrons. The molecule has 2 rings (SSSR count). The second-order valence-electron chi connectivity index (χ2n) is 5.88. The summed E-state index contributed by atoms with van der Waals surface area (Å²) in [7, 11) is 0. The molecular formula is C16H25N. The molecule has 1 aromatic carbocycles. The lowest BCUT2D eigenvalue weighted by Gasteiger charge is -2.30. The Balaban J connectivity index is 1.90. The maximum atomic E-state index is 6.38. The van der Waals surface area contributed by atoms with Crippen LogP contribution in [-0.4, -0.2) is 6.04 Å². The first-order valence-corrected chi connectivity index (χ1v) is 6.96. The first-order valence-electron chi connectivity index (χ1n) is 6.96. The van der Waals surface area contributed by atoms with E-state index in [4.69, 9.17) is 5.73 Å². The maximum absolute atomic E-state index is 6.38. The number of rotatable bonds is 3. The summed E-state index contributed by atoms with van der Waals surface area (Å²) >= 11 is 0. The number of hydrogen-bond acceptors (Lipinski definition) is 1. The topological polar surface area (TPSA) is 26.0 Å². The molecular weight excluding hydrogens is 206 g/mol. The van der Waals surface area contributed by atoms with Crippen molar-refractivity contribution in [3.8, 4) is 0 Å². The lowest BCUT2D eigenvalue weighted by atomic mass is 9.78. The average Bonchev–Trinajstić information content (AvgIpc) is 2.29. The fourth-order valence-corrected chi connectivity index (χ4v) is 2.99. The van der Waals surface area contributed by atoms with Crippen LogP contribution in [0.15, 0.2) is 24.3 Å². The molecule has 1 heteroatoms. The van der Waals surface area contributed by atoms with Crippen molar-refractivity contribution in [2.24, 2.45) is 17.6 Å². The van der Waals surface area contributed by atoms with E-state index in [1.54, 1.807) is 0 Å². The van der Waals surface area contributed by atoms with E-state index >= 15 is 0 Å². The molecule has 0 bridgehead atoms. The summed E-state index contributed by atoms with van der Waals surface area (Å²) in [6.07, 6.45) is 6.43. The highest BCUT2D eigenvalue weighted by molar-refractivity contribution is 5.23. The SMILES string of the molecule is Cc1cccc(CC(N)C2CCC(C)CC2)c1. The lowest BCUT2D eigenvalue weighted by Crippen LogP contribution is -2.34. The van der Waals surface area contributed by atoms with Crippen LogP contribution in [0.4, 0.5) is 0 Å². The van der Waals surface area contributed by atoms with Gasteiger partial charge in [-0.15, -0.1) is 0 Å². The van der Waals surface area contributed by atoms with Crippen LogP contribution in [-0.2, 0) is 6.42 Å². The molecule has 0 aliphatic heterocycles. The van der Waals surface area contributed by atoms with Crippen LogP contribution in [0.25, 0.3) is 0 Å². The van der Waals surface area contributed by atoms with Crippen LogP contribution in [0.5, 0.6) is 0 Å². The van der Waals surface area contributed by atoms with Gasteiger partial charge >= 0.3 is 0 Å². The second kappa shape index (κ2) is 5.68. The Labute approximate surface area is 105 Å². The largest absolute Gasteiger partial charge is 0.327 e. The van der Waals surface area contributed by atoms with Crippen LogP contribution in [0.2, 0.25) is 0 Å². The minimum absolute atomic E-state index is 0.351. The predicted molar refractivity (Wildman–Crippen MR) is 74.0 cm³/mol. The molecule has 0 heterocycles. The normalized spacial score (nSPS) is 26.8. The van der Waals surface area contributed by atoms with Crippen LogP contribution < -0.4 is 5.73 Å². The average molecular weight is 231 g/mol. The van der Waals surface area contributed by atoms with E-state index in [0.29, 0.717) is 6.04 Å². The van der Waals surface area contributed by atoms with Crippen molar-refractivity contribution in [3.63, 3.8) is 0 Å². The van der Waals surface area contributed by atoms with Crippen LogP contribution >= 0.6 is 0 Å². The van der Waals surface area contributed by atoms with Gasteiger partial charge in [-0.25, -0.2) is 0 Å².